The number of aromatic nitrogens is 1. The van der Waals surface area contributed by atoms with Crippen LogP contribution in [0.1, 0.15) is 18.2 Å². The molecular weight excluding hydrogens is 495 g/mol. The molecule has 0 aliphatic rings. The molecule has 7 nitrogen and oxygen atoms in total. The third kappa shape index (κ3) is 6.38. The van der Waals surface area contributed by atoms with Crippen molar-refractivity contribution in [1.29, 1.82) is 0 Å². The zero-order valence-electron chi connectivity index (χ0n) is 17.3. The monoisotopic (exact) mass is 522 g/mol. The van der Waals surface area contributed by atoms with Crippen LogP contribution in [-0.2, 0) is 13.1 Å². The van der Waals surface area contributed by atoms with E-state index < -0.39 is 0 Å². The number of hydrogen-bond donors (Lipinski definition) is 2. The number of benzene rings is 2. The van der Waals surface area contributed by atoms with Crippen LogP contribution in [-0.4, -0.2) is 31.9 Å². The highest BCUT2D eigenvalue weighted by Gasteiger charge is 2.08. The lowest BCUT2D eigenvalue weighted by molar-refractivity contribution is 0.354. The minimum Gasteiger partial charge on any atom is -0.493 e. The van der Waals surface area contributed by atoms with Crippen LogP contribution in [0.3, 0.4) is 0 Å². The first kappa shape index (κ1) is 23.5. The molecule has 0 radical (unpaired) electrons. The molecule has 30 heavy (non-hydrogen) atoms. The summed E-state index contributed by atoms with van der Waals surface area (Å²) in [5.41, 5.74) is 2.83. The predicted octanol–water partition coefficient (Wildman–Crippen LogP) is 4.23. The molecule has 0 spiro atoms. The second-order valence-corrected chi connectivity index (χ2v) is 6.29. The van der Waals surface area contributed by atoms with Crippen molar-refractivity contribution in [2.75, 3.05) is 20.8 Å². The fraction of sp³-hybridized carbons (Fsp3) is 0.273. The van der Waals surface area contributed by atoms with Gasteiger partial charge in [-0.25, -0.2) is 4.99 Å². The maximum Gasteiger partial charge on any atom is 0.191 e. The normalized spacial score (nSPS) is 10.8. The highest BCUT2D eigenvalue weighted by Crippen LogP contribution is 2.27. The number of methoxy groups -OCH3 is 2. The van der Waals surface area contributed by atoms with Gasteiger partial charge in [0.05, 0.1) is 27.3 Å². The molecule has 0 fully saturated rings. The van der Waals surface area contributed by atoms with Gasteiger partial charge in [-0.1, -0.05) is 41.6 Å². The summed E-state index contributed by atoms with van der Waals surface area (Å²) in [5, 5.41) is 10.7. The standard InChI is InChI=1S/C22H26N4O3.HI/c1-4-23-22(24-14-16-10-11-19(27-2)21(12-16)28-3)25-15-18-13-20(29-26-18)17-8-6-5-7-9-17;/h5-13H,4,14-15H2,1-3H3,(H2,23,24,25);1H. The number of guanidine groups is 1. The van der Waals surface area contributed by atoms with Gasteiger partial charge in [-0.15, -0.1) is 24.0 Å². The average Bonchev–Trinajstić information content (AvgIpc) is 3.25. The van der Waals surface area contributed by atoms with Crippen LogP contribution in [0.5, 0.6) is 11.5 Å². The Labute approximate surface area is 193 Å². The molecule has 3 aromatic rings. The van der Waals surface area contributed by atoms with E-state index in [4.69, 9.17) is 14.0 Å². The fourth-order valence-electron chi connectivity index (χ4n) is 2.80. The van der Waals surface area contributed by atoms with E-state index in [1.807, 2.05) is 61.5 Å². The number of nitrogens with zero attached hydrogens (tertiary/aromatic N) is 2. The van der Waals surface area contributed by atoms with Gasteiger partial charge in [0.15, 0.2) is 23.2 Å². The van der Waals surface area contributed by atoms with E-state index in [2.05, 4.69) is 20.8 Å². The topological polar surface area (TPSA) is 80.9 Å². The molecule has 3 rings (SSSR count). The second kappa shape index (κ2) is 12.1. The van der Waals surface area contributed by atoms with Crippen molar-refractivity contribution in [3.05, 3.63) is 65.9 Å². The lowest BCUT2D eigenvalue weighted by Crippen LogP contribution is -2.36. The van der Waals surface area contributed by atoms with Crippen LogP contribution in [0.2, 0.25) is 0 Å². The molecule has 0 saturated heterocycles. The van der Waals surface area contributed by atoms with Crippen molar-refractivity contribution in [2.45, 2.75) is 20.0 Å². The maximum absolute atomic E-state index is 5.44. The van der Waals surface area contributed by atoms with Crippen LogP contribution in [0.25, 0.3) is 11.3 Å². The first-order valence-electron chi connectivity index (χ1n) is 9.47. The minimum atomic E-state index is 0. The van der Waals surface area contributed by atoms with Crippen molar-refractivity contribution in [2.24, 2.45) is 4.99 Å². The Kier molecular flexibility index (Phi) is 9.46. The van der Waals surface area contributed by atoms with Gasteiger partial charge >= 0.3 is 0 Å². The van der Waals surface area contributed by atoms with E-state index in [1.165, 1.54) is 0 Å². The Balaban J connectivity index is 0.00000320. The van der Waals surface area contributed by atoms with E-state index in [-0.39, 0.29) is 24.0 Å². The molecule has 8 heteroatoms. The van der Waals surface area contributed by atoms with E-state index in [9.17, 15) is 0 Å². The van der Waals surface area contributed by atoms with Gasteiger partial charge in [-0.05, 0) is 24.6 Å². The Bertz CT molecular complexity index is 945. The molecule has 0 bridgehead atoms. The highest BCUT2D eigenvalue weighted by molar-refractivity contribution is 14.0. The summed E-state index contributed by atoms with van der Waals surface area (Å²) in [6, 6.07) is 17.6. The van der Waals surface area contributed by atoms with Crippen LogP contribution in [0, 0.1) is 0 Å². The highest BCUT2D eigenvalue weighted by atomic mass is 127. The van der Waals surface area contributed by atoms with Crippen molar-refractivity contribution < 1.29 is 14.0 Å². The quantitative estimate of drug-likeness (QED) is 0.262. The van der Waals surface area contributed by atoms with Gasteiger partial charge < -0.3 is 24.6 Å². The van der Waals surface area contributed by atoms with Gasteiger partial charge in [0.25, 0.3) is 0 Å². The molecule has 0 aliphatic heterocycles. The summed E-state index contributed by atoms with van der Waals surface area (Å²) < 4.78 is 16.1. The summed E-state index contributed by atoms with van der Waals surface area (Å²) >= 11 is 0. The molecule has 160 valence electrons. The Hall–Kier alpha value is -2.75. The fourth-order valence-corrected chi connectivity index (χ4v) is 2.80. The van der Waals surface area contributed by atoms with Crippen molar-refractivity contribution in [1.82, 2.24) is 15.8 Å². The number of hydrogen-bond acceptors (Lipinski definition) is 5. The smallest absolute Gasteiger partial charge is 0.191 e. The van der Waals surface area contributed by atoms with E-state index in [1.54, 1.807) is 14.2 Å². The second-order valence-electron chi connectivity index (χ2n) is 6.29. The Morgan fingerprint density at radius 1 is 1.00 bits per heavy atom. The third-order valence-corrected chi connectivity index (χ3v) is 4.27. The lowest BCUT2D eigenvalue weighted by atomic mass is 10.2. The number of nitrogens with one attached hydrogen (secondary N) is 2. The van der Waals surface area contributed by atoms with Gasteiger partial charge in [0, 0.05) is 18.2 Å². The molecule has 0 unspecified atom stereocenters. The average molecular weight is 522 g/mol. The summed E-state index contributed by atoms with van der Waals surface area (Å²) in [6.07, 6.45) is 0. The molecular formula is C22H27IN4O3. The SMILES string of the molecule is CCNC(=NCc1ccc(OC)c(OC)c1)NCc1cc(-c2ccccc2)on1.I. The number of aliphatic imine (C=N–C) groups is 1. The molecule has 1 heterocycles. The van der Waals surface area contributed by atoms with Crippen LogP contribution >= 0.6 is 24.0 Å². The Morgan fingerprint density at radius 3 is 2.47 bits per heavy atom. The molecule has 0 amide bonds. The zero-order chi connectivity index (χ0) is 20.5. The maximum atomic E-state index is 5.44. The first-order chi connectivity index (χ1) is 14.2. The van der Waals surface area contributed by atoms with Crippen LogP contribution in [0.4, 0.5) is 0 Å². The number of halogens is 1. The Morgan fingerprint density at radius 2 is 1.77 bits per heavy atom. The molecule has 0 saturated carbocycles. The van der Waals surface area contributed by atoms with Crippen LogP contribution < -0.4 is 20.1 Å². The van der Waals surface area contributed by atoms with Gasteiger partial charge in [-0.3, -0.25) is 0 Å². The largest absolute Gasteiger partial charge is 0.493 e. The summed E-state index contributed by atoms with van der Waals surface area (Å²) in [5.74, 6) is 2.83. The molecule has 0 atom stereocenters. The lowest BCUT2D eigenvalue weighted by Gasteiger charge is -2.11. The van der Waals surface area contributed by atoms with Crippen molar-refractivity contribution in [3.8, 4) is 22.8 Å². The number of rotatable bonds is 8. The van der Waals surface area contributed by atoms with E-state index in [0.717, 1.165) is 29.1 Å². The predicted molar refractivity (Wildman–Crippen MR) is 129 cm³/mol. The third-order valence-electron chi connectivity index (χ3n) is 4.27. The first-order valence-corrected chi connectivity index (χ1v) is 9.47. The number of ether oxygens (including phenoxy) is 2. The molecule has 1 aromatic heterocycles. The molecule has 0 aliphatic carbocycles. The summed E-state index contributed by atoms with van der Waals surface area (Å²) in [6.45, 7) is 3.79. The minimum absolute atomic E-state index is 0. The van der Waals surface area contributed by atoms with Gasteiger partial charge in [0.2, 0.25) is 0 Å². The summed E-state index contributed by atoms with van der Waals surface area (Å²) in [4.78, 5) is 4.63. The zero-order valence-corrected chi connectivity index (χ0v) is 19.7. The van der Waals surface area contributed by atoms with E-state index >= 15 is 0 Å². The van der Waals surface area contributed by atoms with Crippen molar-refractivity contribution >= 4 is 29.9 Å². The summed E-state index contributed by atoms with van der Waals surface area (Å²) in [7, 11) is 3.24. The molecule has 2 aromatic carbocycles. The van der Waals surface area contributed by atoms with Crippen LogP contribution in [0.15, 0.2) is 64.1 Å². The van der Waals surface area contributed by atoms with E-state index in [0.29, 0.717) is 30.5 Å². The molecule has 2 N–H and O–H groups in total. The van der Waals surface area contributed by atoms with Gasteiger partial charge in [-0.2, -0.15) is 0 Å². The van der Waals surface area contributed by atoms with Gasteiger partial charge in [0.1, 0.15) is 5.69 Å². The van der Waals surface area contributed by atoms with Crippen molar-refractivity contribution in [3.63, 3.8) is 0 Å².